The molecule has 4 nitrogen and oxygen atoms in total. The van der Waals surface area contributed by atoms with E-state index < -0.39 is 0 Å². The van der Waals surface area contributed by atoms with Crippen LogP contribution in [0.15, 0.2) is 170 Å². The van der Waals surface area contributed by atoms with Crippen LogP contribution >= 0.6 is 11.3 Å². The van der Waals surface area contributed by atoms with Crippen molar-refractivity contribution in [3.8, 4) is 51.0 Å². The Morgan fingerprint density at radius 2 is 0.780 bits per heavy atom. The molecule has 0 N–H and O–H groups in total. The van der Waals surface area contributed by atoms with Crippen molar-refractivity contribution in [1.29, 1.82) is 0 Å². The molecule has 7 aromatic carbocycles. The first-order valence-electron chi connectivity index (χ1n) is 16.7. The molecule has 0 aliphatic heterocycles. The van der Waals surface area contributed by atoms with E-state index in [4.69, 9.17) is 15.0 Å². The van der Waals surface area contributed by atoms with E-state index in [0.717, 1.165) is 22.3 Å². The standard InChI is InChI=1S/C45H28N4S/c1-3-13-30(14-4-1)43-46-44(31-15-5-2-6-16-31)48-45(47-43)32-27-25-29(26-28-32)33-19-11-20-36-37-21-12-24-40(42(37)50-41(33)36)49-38-22-9-7-17-34(38)35-18-8-10-23-39(35)49/h1-28H. The molecule has 5 heteroatoms. The van der Waals surface area contributed by atoms with Crippen molar-refractivity contribution < 1.29 is 0 Å². The minimum Gasteiger partial charge on any atom is -0.308 e. The van der Waals surface area contributed by atoms with Gasteiger partial charge in [0.05, 0.1) is 21.4 Å². The summed E-state index contributed by atoms with van der Waals surface area (Å²) < 4.78 is 4.99. The Labute approximate surface area is 292 Å². The van der Waals surface area contributed by atoms with Gasteiger partial charge in [0.15, 0.2) is 17.5 Å². The highest BCUT2D eigenvalue weighted by Gasteiger charge is 2.18. The lowest BCUT2D eigenvalue weighted by Gasteiger charge is -2.09. The Hall–Kier alpha value is -6.43. The van der Waals surface area contributed by atoms with E-state index in [2.05, 4.69) is 114 Å². The smallest absolute Gasteiger partial charge is 0.164 e. The first-order chi connectivity index (χ1) is 24.8. The predicted molar refractivity (Wildman–Crippen MR) is 209 cm³/mol. The van der Waals surface area contributed by atoms with E-state index in [0.29, 0.717) is 17.5 Å². The summed E-state index contributed by atoms with van der Waals surface area (Å²) in [7, 11) is 0. The monoisotopic (exact) mass is 656 g/mol. The number of hydrogen-bond donors (Lipinski definition) is 0. The average Bonchev–Trinajstić information content (AvgIpc) is 3.75. The van der Waals surface area contributed by atoms with Crippen LogP contribution < -0.4 is 0 Å². The minimum absolute atomic E-state index is 0.653. The van der Waals surface area contributed by atoms with Gasteiger partial charge < -0.3 is 4.57 Å². The summed E-state index contributed by atoms with van der Waals surface area (Å²) in [6.45, 7) is 0. The molecule has 0 saturated carbocycles. The molecular weight excluding hydrogens is 629 g/mol. The van der Waals surface area contributed by atoms with Gasteiger partial charge in [0.25, 0.3) is 0 Å². The van der Waals surface area contributed by atoms with Crippen LogP contribution in [-0.4, -0.2) is 19.5 Å². The second-order valence-corrected chi connectivity index (χ2v) is 13.4. The highest BCUT2D eigenvalue weighted by molar-refractivity contribution is 7.26. The van der Waals surface area contributed by atoms with Gasteiger partial charge in [0.2, 0.25) is 0 Å². The molecule has 0 atom stereocenters. The number of para-hydroxylation sites is 2. The third kappa shape index (κ3) is 4.63. The largest absolute Gasteiger partial charge is 0.308 e. The van der Waals surface area contributed by atoms with Crippen LogP contribution in [0.5, 0.6) is 0 Å². The molecule has 0 unspecified atom stereocenters. The molecule has 50 heavy (non-hydrogen) atoms. The lowest BCUT2D eigenvalue weighted by atomic mass is 10.0. The number of nitrogens with zero attached hydrogens (tertiary/aromatic N) is 4. The Kier molecular flexibility index (Phi) is 6.64. The number of thiophene rings is 1. The van der Waals surface area contributed by atoms with Gasteiger partial charge in [-0.2, -0.15) is 0 Å². The molecule has 10 rings (SSSR count). The molecule has 0 aliphatic carbocycles. The van der Waals surface area contributed by atoms with Crippen LogP contribution in [0.3, 0.4) is 0 Å². The zero-order valence-corrected chi connectivity index (χ0v) is 27.7. The van der Waals surface area contributed by atoms with Crippen LogP contribution in [0, 0.1) is 0 Å². The van der Waals surface area contributed by atoms with E-state index >= 15 is 0 Å². The molecule has 0 radical (unpaired) electrons. The quantitative estimate of drug-likeness (QED) is 0.185. The number of hydrogen-bond acceptors (Lipinski definition) is 4. The topological polar surface area (TPSA) is 43.6 Å². The summed E-state index contributed by atoms with van der Waals surface area (Å²) in [4.78, 5) is 14.7. The molecule has 10 aromatic rings. The van der Waals surface area contributed by atoms with Crippen molar-refractivity contribution in [2.45, 2.75) is 0 Å². The van der Waals surface area contributed by atoms with Crippen molar-refractivity contribution in [2.24, 2.45) is 0 Å². The fourth-order valence-corrected chi connectivity index (χ4v) is 8.47. The fraction of sp³-hybridized carbons (Fsp3) is 0. The van der Waals surface area contributed by atoms with Gasteiger partial charge in [-0.05, 0) is 29.3 Å². The van der Waals surface area contributed by atoms with E-state index in [1.165, 1.54) is 53.2 Å². The Bertz CT molecular complexity index is 2740. The lowest BCUT2D eigenvalue weighted by molar-refractivity contribution is 1.07. The number of benzene rings is 7. The Balaban J connectivity index is 1.10. The molecule has 3 aromatic heterocycles. The lowest BCUT2D eigenvalue weighted by Crippen LogP contribution is -2.00. The van der Waals surface area contributed by atoms with Crippen molar-refractivity contribution >= 4 is 53.3 Å². The van der Waals surface area contributed by atoms with Gasteiger partial charge in [-0.1, -0.05) is 152 Å². The highest BCUT2D eigenvalue weighted by atomic mass is 32.1. The van der Waals surface area contributed by atoms with E-state index in [9.17, 15) is 0 Å². The van der Waals surface area contributed by atoms with E-state index in [1.54, 1.807) is 0 Å². The van der Waals surface area contributed by atoms with Gasteiger partial charge >= 0.3 is 0 Å². The minimum atomic E-state index is 0.653. The first kappa shape index (κ1) is 28.6. The second-order valence-electron chi connectivity index (χ2n) is 12.4. The number of rotatable bonds is 5. The van der Waals surface area contributed by atoms with Crippen LogP contribution in [-0.2, 0) is 0 Å². The predicted octanol–water partition coefficient (Wildman–Crippen LogP) is 12.0. The third-order valence-corrected chi connectivity index (χ3v) is 10.8. The normalized spacial score (nSPS) is 11.6. The molecule has 0 aliphatic rings. The molecule has 0 bridgehead atoms. The second kappa shape index (κ2) is 11.6. The molecule has 0 amide bonds. The van der Waals surface area contributed by atoms with E-state index in [1.807, 2.05) is 72.0 Å². The maximum atomic E-state index is 4.94. The Morgan fingerprint density at radius 3 is 1.36 bits per heavy atom. The number of fused-ring (bicyclic) bond motifs is 6. The van der Waals surface area contributed by atoms with Crippen LogP contribution in [0.1, 0.15) is 0 Å². The molecule has 0 saturated heterocycles. The third-order valence-electron chi connectivity index (χ3n) is 9.48. The summed E-state index contributed by atoms with van der Waals surface area (Å²) >= 11 is 1.87. The summed E-state index contributed by atoms with van der Waals surface area (Å²) in [5.41, 5.74) is 8.89. The number of aromatic nitrogens is 4. The average molecular weight is 657 g/mol. The van der Waals surface area contributed by atoms with Gasteiger partial charge in [-0.3, -0.25) is 0 Å². The molecule has 0 fully saturated rings. The maximum absolute atomic E-state index is 4.94. The van der Waals surface area contributed by atoms with Crippen molar-refractivity contribution in [3.05, 3.63) is 170 Å². The van der Waals surface area contributed by atoms with Gasteiger partial charge in [-0.25, -0.2) is 15.0 Å². The summed E-state index contributed by atoms with van der Waals surface area (Å²) in [5.74, 6) is 1.97. The molecular formula is C45H28N4S. The highest BCUT2D eigenvalue weighted by Crippen LogP contribution is 2.44. The van der Waals surface area contributed by atoms with Crippen LogP contribution in [0.25, 0.3) is 93.0 Å². The van der Waals surface area contributed by atoms with Crippen molar-refractivity contribution in [1.82, 2.24) is 19.5 Å². The summed E-state index contributed by atoms with van der Waals surface area (Å²) in [5, 5.41) is 5.08. The fourth-order valence-electron chi connectivity index (χ4n) is 7.13. The van der Waals surface area contributed by atoms with Gasteiger partial charge in [0, 0.05) is 42.9 Å². The van der Waals surface area contributed by atoms with Gasteiger partial charge in [0.1, 0.15) is 0 Å². The first-order valence-corrected chi connectivity index (χ1v) is 17.5. The van der Waals surface area contributed by atoms with Crippen LogP contribution in [0.2, 0.25) is 0 Å². The maximum Gasteiger partial charge on any atom is 0.164 e. The van der Waals surface area contributed by atoms with Gasteiger partial charge in [-0.15, -0.1) is 11.3 Å². The summed E-state index contributed by atoms with van der Waals surface area (Å²) in [6, 6.07) is 59.6. The van der Waals surface area contributed by atoms with Crippen LogP contribution in [0.4, 0.5) is 0 Å². The Morgan fingerprint density at radius 1 is 0.340 bits per heavy atom. The van der Waals surface area contributed by atoms with Crippen molar-refractivity contribution in [2.75, 3.05) is 0 Å². The van der Waals surface area contributed by atoms with Crippen molar-refractivity contribution in [3.63, 3.8) is 0 Å². The SMILES string of the molecule is c1ccc(-c2nc(-c3ccccc3)nc(-c3ccc(-c4cccc5c4sc4c(-n6c7ccccc7c7ccccc76)cccc45)cc3)n2)cc1. The zero-order chi connectivity index (χ0) is 33.0. The van der Waals surface area contributed by atoms with E-state index in [-0.39, 0.29) is 0 Å². The summed E-state index contributed by atoms with van der Waals surface area (Å²) in [6.07, 6.45) is 0. The molecule has 234 valence electrons. The molecule has 0 spiro atoms. The zero-order valence-electron chi connectivity index (χ0n) is 26.9. The molecule has 3 heterocycles.